The Balaban J connectivity index is 2.55. The molecule has 0 bridgehead atoms. The quantitative estimate of drug-likeness (QED) is 0.789. The first kappa shape index (κ1) is 18.5. The van der Waals surface area contributed by atoms with E-state index in [9.17, 15) is 14.4 Å². The molecule has 6 nitrogen and oxygen atoms in total. The lowest BCUT2D eigenvalue weighted by Gasteiger charge is -2.24. The van der Waals surface area contributed by atoms with E-state index in [2.05, 4.69) is 5.32 Å². The molecule has 1 rings (SSSR count). The second-order valence-electron chi connectivity index (χ2n) is 6.71. The van der Waals surface area contributed by atoms with Crippen molar-refractivity contribution in [3.05, 3.63) is 0 Å². The normalized spacial score (nSPS) is 20.2. The minimum Gasteiger partial charge on any atom is -0.467 e. The monoisotopic (exact) mass is 313 g/mol. The maximum atomic E-state index is 11.8. The molecule has 22 heavy (non-hydrogen) atoms. The predicted octanol–water partition coefficient (Wildman–Crippen LogP) is 2.59. The molecule has 1 saturated carbocycles. The van der Waals surface area contributed by atoms with Crippen molar-refractivity contribution in [2.75, 3.05) is 7.11 Å². The van der Waals surface area contributed by atoms with Crippen molar-refractivity contribution in [2.24, 2.45) is 5.92 Å². The van der Waals surface area contributed by atoms with E-state index >= 15 is 0 Å². The van der Waals surface area contributed by atoms with Crippen LogP contribution < -0.4 is 5.32 Å². The van der Waals surface area contributed by atoms with Crippen LogP contribution in [0.4, 0.5) is 4.79 Å². The van der Waals surface area contributed by atoms with Crippen molar-refractivity contribution in [3.63, 3.8) is 0 Å². The van der Waals surface area contributed by atoms with Crippen molar-refractivity contribution >= 4 is 17.8 Å². The highest BCUT2D eigenvalue weighted by molar-refractivity contribution is 5.83. The molecule has 1 fully saturated rings. The third-order valence-corrected chi connectivity index (χ3v) is 3.66. The summed E-state index contributed by atoms with van der Waals surface area (Å²) in [5.41, 5.74) is -0.635. The molecule has 0 unspecified atom stereocenters. The van der Waals surface area contributed by atoms with E-state index in [0.717, 1.165) is 19.3 Å². The molecule has 0 saturated heterocycles. The van der Waals surface area contributed by atoms with E-state index in [4.69, 9.17) is 9.47 Å². The van der Waals surface area contributed by atoms with E-state index in [1.165, 1.54) is 7.11 Å². The van der Waals surface area contributed by atoms with Crippen LogP contribution in [0.1, 0.15) is 59.3 Å². The van der Waals surface area contributed by atoms with Gasteiger partial charge in [0.25, 0.3) is 0 Å². The fourth-order valence-electron chi connectivity index (χ4n) is 2.57. The Hall–Kier alpha value is -1.59. The zero-order chi connectivity index (χ0) is 16.8. The number of amides is 1. The molecule has 2 atom stereocenters. The Morgan fingerprint density at radius 3 is 2.55 bits per heavy atom. The molecule has 6 heteroatoms. The smallest absolute Gasteiger partial charge is 0.408 e. The lowest BCUT2D eigenvalue weighted by atomic mass is 9.84. The number of esters is 1. The molecule has 0 spiro atoms. The van der Waals surface area contributed by atoms with Crippen LogP contribution in [0.5, 0.6) is 0 Å². The number of ether oxygens (including phenoxy) is 2. The summed E-state index contributed by atoms with van der Waals surface area (Å²) in [6, 6.07) is -0.783. The average molecular weight is 313 g/mol. The van der Waals surface area contributed by atoms with Gasteiger partial charge in [0.2, 0.25) is 0 Å². The number of alkyl carbamates (subject to hydrolysis) is 1. The van der Waals surface area contributed by atoms with Crippen LogP contribution in [0, 0.1) is 5.92 Å². The predicted molar refractivity (Wildman–Crippen MR) is 81.4 cm³/mol. The summed E-state index contributed by atoms with van der Waals surface area (Å²) < 4.78 is 9.87. The van der Waals surface area contributed by atoms with Gasteiger partial charge in [0.15, 0.2) is 0 Å². The molecule has 0 heterocycles. The van der Waals surface area contributed by atoms with E-state index in [-0.39, 0.29) is 11.7 Å². The molecule has 126 valence electrons. The second kappa shape index (κ2) is 8.15. The maximum Gasteiger partial charge on any atom is 0.408 e. The molecule has 1 aliphatic rings. The van der Waals surface area contributed by atoms with Gasteiger partial charge in [-0.25, -0.2) is 9.59 Å². The van der Waals surface area contributed by atoms with Crippen LogP contribution in [0.15, 0.2) is 0 Å². The first-order chi connectivity index (χ1) is 10.2. The molecule has 1 amide bonds. The van der Waals surface area contributed by atoms with Crippen molar-refractivity contribution in [3.8, 4) is 0 Å². The van der Waals surface area contributed by atoms with Crippen LogP contribution in [0.3, 0.4) is 0 Å². The SMILES string of the molecule is COC(=O)[C@H](CC[C@@H]1CCCCC1=O)NC(=O)OC(C)(C)C. The van der Waals surface area contributed by atoms with Crippen molar-refractivity contribution < 1.29 is 23.9 Å². The van der Waals surface area contributed by atoms with Gasteiger partial charge in [-0.05, 0) is 46.5 Å². The van der Waals surface area contributed by atoms with E-state index < -0.39 is 23.7 Å². The molecule has 0 radical (unpaired) electrons. The summed E-state index contributed by atoms with van der Waals surface area (Å²) in [5.74, 6) is -0.275. The van der Waals surface area contributed by atoms with Crippen molar-refractivity contribution in [2.45, 2.75) is 70.9 Å². The minimum atomic E-state index is -0.783. The molecular weight excluding hydrogens is 286 g/mol. The summed E-state index contributed by atoms with van der Waals surface area (Å²) in [7, 11) is 1.28. The summed E-state index contributed by atoms with van der Waals surface area (Å²) in [5, 5.41) is 2.53. The summed E-state index contributed by atoms with van der Waals surface area (Å²) in [4.78, 5) is 35.4. The van der Waals surface area contributed by atoms with Crippen LogP contribution >= 0.6 is 0 Å². The number of rotatable bonds is 5. The van der Waals surface area contributed by atoms with Crippen LogP contribution in [-0.2, 0) is 19.1 Å². The van der Waals surface area contributed by atoms with E-state index in [1.807, 2.05) is 0 Å². The number of nitrogens with one attached hydrogen (secondary N) is 1. The number of carbonyl (C=O) groups is 3. The van der Waals surface area contributed by atoms with Gasteiger partial charge in [0.1, 0.15) is 17.4 Å². The van der Waals surface area contributed by atoms with E-state index in [0.29, 0.717) is 19.3 Å². The fraction of sp³-hybridized carbons (Fsp3) is 0.812. The summed E-state index contributed by atoms with van der Waals surface area (Å²) in [6.45, 7) is 5.25. The average Bonchev–Trinajstić information content (AvgIpc) is 2.42. The van der Waals surface area contributed by atoms with Gasteiger partial charge >= 0.3 is 12.1 Å². The zero-order valence-corrected chi connectivity index (χ0v) is 13.9. The summed E-state index contributed by atoms with van der Waals surface area (Å²) in [6.07, 6.45) is 3.77. The highest BCUT2D eigenvalue weighted by atomic mass is 16.6. The molecule has 0 aromatic rings. The minimum absolute atomic E-state index is 0.0126. The first-order valence-corrected chi connectivity index (χ1v) is 7.83. The Kier molecular flexibility index (Phi) is 6.84. The maximum absolute atomic E-state index is 11.8. The lowest BCUT2D eigenvalue weighted by molar-refractivity contribution is -0.143. The van der Waals surface area contributed by atoms with Gasteiger partial charge in [0.05, 0.1) is 7.11 Å². The number of hydrogen-bond donors (Lipinski definition) is 1. The first-order valence-electron chi connectivity index (χ1n) is 7.83. The standard InChI is InChI=1S/C16H27NO5/c1-16(2,3)22-15(20)17-12(14(19)21-4)10-9-11-7-5-6-8-13(11)18/h11-12H,5-10H2,1-4H3,(H,17,20)/t11-,12-/m0/s1. The van der Waals surface area contributed by atoms with Gasteiger partial charge in [-0.1, -0.05) is 6.42 Å². The Labute approximate surface area is 131 Å². The number of ketones is 1. The van der Waals surface area contributed by atoms with Gasteiger partial charge in [-0.15, -0.1) is 0 Å². The number of carbonyl (C=O) groups excluding carboxylic acids is 3. The molecule has 1 aliphatic carbocycles. The fourth-order valence-corrected chi connectivity index (χ4v) is 2.57. The molecule has 0 aromatic carbocycles. The topological polar surface area (TPSA) is 81.7 Å². The van der Waals surface area contributed by atoms with Crippen LogP contribution in [-0.4, -0.2) is 36.6 Å². The summed E-state index contributed by atoms with van der Waals surface area (Å²) >= 11 is 0. The molecule has 0 aromatic heterocycles. The zero-order valence-electron chi connectivity index (χ0n) is 13.9. The number of methoxy groups -OCH3 is 1. The number of Topliss-reactive ketones (excluding diaryl/α,β-unsaturated/α-hetero) is 1. The molecular formula is C16H27NO5. The third kappa shape index (κ3) is 6.45. The van der Waals surface area contributed by atoms with E-state index in [1.54, 1.807) is 20.8 Å². The highest BCUT2D eigenvalue weighted by Gasteiger charge is 2.28. The van der Waals surface area contributed by atoms with Gasteiger partial charge in [-0.3, -0.25) is 4.79 Å². The molecule has 1 N–H and O–H groups in total. The Bertz CT molecular complexity index is 413. The Morgan fingerprint density at radius 1 is 1.32 bits per heavy atom. The third-order valence-electron chi connectivity index (χ3n) is 3.66. The number of hydrogen-bond acceptors (Lipinski definition) is 5. The van der Waals surface area contributed by atoms with Crippen molar-refractivity contribution in [1.82, 2.24) is 5.32 Å². The second-order valence-corrected chi connectivity index (χ2v) is 6.71. The van der Waals surface area contributed by atoms with Gasteiger partial charge < -0.3 is 14.8 Å². The Morgan fingerprint density at radius 2 is 2.00 bits per heavy atom. The van der Waals surface area contributed by atoms with Gasteiger partial charge in [-0.2, -0.15) is 0 Å². The van der Waals surface area contributed by atoms with Gasteiger partial charge in [0, 0.05) is 12.3 Å². The van der Waals surface area contributed by atoms with Crippen LogP contribution in [0.25, 0.3) is 0 Å². The van der Waals surface area contributed by atoms with Crippen LogP contribution in [0.2, 0.25) is 0 Å². The lowest BCUT2D eigenvalue weighted by Crippen LogP contribution is -2.44. The largest absolute Gasteiger partial charge is 0.467 e. The highest BCUT2D eigenvalue weighted by Crippen LogP contribution is 2.25. The molecule has 0 aliphatic heterocycles. The van der Waals surface area contributed by atoms with Crippen molar-refractivity contribution in [1.29, 1.82) is 0 Å².